The molecule has 0 rings (SSSR count). The van der Waals surface area contributed by atoms with Gasteiger partial charge in [0.25, 0.3) is 0 Å². The van der Waals surface area contributed by atoms with Gasteiger partial charge in [-0.1, -0.05) is 0 Å². The van der Waals surface area contributed by atoms with Gasteiger partial charge in [0.05, 0.1) is 0 Å². The molecule has 0 saturated carbocycles. The molecule has 0 amide bonds. The number of rotatable bonds is 5. The molecular formula is C7H17N3OY+2. The van der Waals surface area contributed by atoms with Gasteiger partial charge in [-0.2, -0.15) is 0 Å². The fourth-order valence-electron chi connectivity index (χ4n) is 0.756. The number of hydrogen-bond acceptors (Lipinski definition) is 1. The minimum absolute atomic E-state index is 0. The molecule has 0 aliphatic heterocycles. The van der Waals surface area contributed by atoms with E-state index < -0.39 is 0 Å². The Morgan fingerprint density at radius 1 is 1.67 bits per heavy atom. The molecule has 0 fully saturated rings. The van der Waals surface area contributed by atoms with Crippen molar-refractivity contribution in [3.8, 4) is 0 Å². The van der Waals surface area contributed by atoms with Crippen LogP contribution >= 0.6 is 0 Å². The molecule has 1 radical (unpaired) electrons. The first-order valence-corrected chi connectivity index (χ1v) is 3.74. The van der Waals surface area contributed by atoms with Gasteiger partial charge >= 0.3 is 0 Å². The van der Waals surface area contributed by atoms with Crippen LogP contribution in [0, 0.1) is 0 Å². The average Bonchev–Trinajstić information content (AvgIpc) is 1.86. The van der Waals surface area contributed by atoms with Crippen LogP contribution in [0.3, 0.4) is 0 Å². The van der Waals surface area contributed by atoms with Gasteiger partial charge in [0.1, 0.15) is 6.04 Å². The number of ketones is 1. The maximum Gasteiger partial charge on any atom is 0.238 e. The minimum atomic E-state index is -0.102. The molecule has 4 nitrogen and oxygen atoms in total. The minimum Gasteiger partial charge on any atom is -0.349 e. The fraction of sp³-hybridized carbons (Fsp3) is 0.714. The Morgan fingerprint density at radius 2 is 2.17 bits per heavy atom. The maximum absolute atomic E-state index is 10.7. The predicted molar refractivity (Wildman–Crippen MR) is 42.3 cm³/mol. The van der Waals surface area contributed by atoms with E-state index in [-0.39, 0.29) is 44.5 Å². The van der Waals surface area contributed by atoms with Crippen molar-refractivity contribution in [2.45, 2.75) is 32.2 Å². The third-order valence-corrected chi connectivity index (χ3v) is 1.59. The molecule has 0 aromatic heterocycles. The van der Waals surface area contributed by atoms with Gasteiger partial charge in [0.2, 0.25) is 5.84 Å². The van der Waals surface area contributed by atoms with Gasteiger partial charge in [-0.25, -0.2) is 0 Å². The van der Waals surface area contributed by atoms with E-state index in [1.165, 1.54) is 0 Å². The van der Waals surface area contributed by atoms with E-state index in [4.69, 9.17) is 11.1 Å². The SMILES string of the molecule is CC(=O)C([NH3+])CCCC(N)=[NH2+].[Y]. The van der Waals surface area contributed by atoms with Crippen molar-refractivity contribution >= 4 is 11.6 Å². The van der Waals surface area contributed by atoms with Crippen molar-refractivity contribution in [1.82, 2.24) is 0 Å². The summed E-state index contributed by atoms with van der Waals surface area (Å²) in [6, 6.07) is -0.102. The summed E-state index contributed by atoms with van der Waals surface area (Å²) < 4.78 is 0. The molecule has 1 unspecified atom stereocenters. The van der Waals surface area contributed by atoms with Gasteiger partial charge < -0.3 is 5.73 Å². The van der Waals surface area contributed by atoms with E-state index in [0.717, 1.165) is 12.8 Å². The molecule has 67 valence electrons. The molecule has 0 heterocycles. The molecule has 0 spiro atoms. The Bertz CT molecular complexity index is 161. The van der Waals surface area contributed by atoms with Crippen molar-refractivity contribution in [3.05, 3.63) is 0 Å². The molecule has 0 aliphatic rings. The number of hydrogen-bond donors (Lipinski definition) is 3. The van der Waals surface area contributed by atoms with Gasteiger partial charge in [0.15, 0.2) is 5.78 Å². The zero-order valence-corrected chi connectivity index (χ0v) is 10.4. The summed E-state index contributed by atoms with van der Waals surface area (Å²) in [6.45, 7) is 1.55. The topological polar surface area (TPSA) is 96.3 Å². The summed E-state index contributed by atoms with van der Waals surface area (Å²) in [5, 5.41) is 5.24. The first kappa shape index (κ1) is 14.7. The third-order valence-electron chi connectivity index (χ3n) is 1.59. The van der Waals surface area contributed by atoms with E-state index in [9.17, 15) is 4.79 Å². The van der Waals surface area contributed by atoms with Crippen molar-refractivity contribution < 1.29 is 48.6 Å². The smallest absolute Gasteiger partial charge is 0.238 e. The van der Waals surface area contributed by atoms with Gasteiger partial charge in [-0.05, 0) is 6.42 Å². The Morgan fingerprint density at radius 3 is 2.50 bits per heavy atom. The first-order chi connectivity index (χ1) is 5.04. The summed E-state index contributed by atoms with van der Waals surface area (Å²) in [5.74, 6) is 0.557. The molecule has 0 saturated heterocycles. The van der Waals surface area contributed by atoms with Crippen LogP contribution in [-0.2, 0) is 37.5 Å². The summed E-state index contributed by atoms with van der Waals surface area (Å²) in [4.78, 5) is 10.7. The average molecular weight is 248 g/mol. The molecular weight excluding hydrogens is 231 g/mol. The molecule has 0 aromatic rings. The van der Waals surface area contributed by atoms with Crippen molar-refractivity contribution in [1.29, 1.82) is 0 Å². The van der Waals surface area contributed by atoms with Crippen molar-refractivity contribution in [2.24, 2.45) is 5.73 Å². The molecule has 5 heteroatoms. The van der Waals surface area contributed by atoms with E-state index in [1.54, 1.807) is 6.92 Å². The van der Waals surface area contributed by atoms with E-state index in [1.807, 2.05) is 0 Å². The molecule has 12 heavy (non-hydrogen) atoms. The quantitative estimate of drug-likeness (QED) is 0.369. The number of nitrogens with two attached hydrogens (primary N) is 2. The van der Waals surface area contributed by atoms with Gasteiger partial charge in [-0.3, -0.25) is 15.9 Å². The van der Waals surface area contributed by atoms with Crippen LogP contribution in [0.1, 0.15) is 26.2 Å². The van der Waals surface area contributed by atoms with Crippen LogP contribution in [0.15, 0.2) is 0 Å². The second-order valence-corrected chi connectivity index (χ2v) is 2.77. The Kier molecular flexibility index (Phi) is 9.60. The molecule has 0 aliphatic carbocycles. The van der Waals surface area contributed by atoms with Crippen molar-refractivity contribution in [3.63, 3.8) is 0 Å². The molecule has 0 aromatic carbocycles. The monoisotopic (exact) mass is 248 g/mol. The van der Waals surface area contributed by atoms with E-state index >= 15 is 0 Å². The largest absolute Gasteiger partial charge is 0.349 e. The number of Topliss-reactive ketones (excluding diaryl/α,β-unsaturated/α-hetero) is 1. The first-order valence-electron chi connectivity index (χ1n) is 3.74. The Labute approximate surface area is 97.8 Å². The van der Waals surface area contributed by atoms with Crippen LogP contribution in [0.25, 0.3) is 0 Å². The van der Waals surface area contributed by atoms with E-state index in [2.05, 4.69) is 5.73 Å². The number of carbonyl (C=O) groups is 1. The maximum atomic E-state index is 10.7. The molecule has 7 N–H and O–H groups in total. The van der Waals surface area contributed by atoms with Crippen molar-refractivity contribution in [2.75, 3.05) is 0 Å². The second kappa shape index (κ2) is 7.83. The van der Waals surface area contributed by atoms with Crippen LogP contribution < -0.4 is 16.9 Å². The standard InChI is InChI=1S/C7H15N3O.Y/c1-5(11)6(8)3-2-4-7(9)10;/h6H,2-4,8H2,1H3,(H3,9,10);/p+2. The normalized spacial score (nSPS) is 11.5. The Balaban J connectivity index is 0. The predicted octanol–water partition coefficient (Wildman–Crippen LogP) is -2.53. The van der Waals surface area contributed by atoms with Crippen LogP contribution in [0.5, 0.6) is 0 Å². The summed E-state index contributed by atoms with van der Waals surface area (Å²) in [7, 11) is 0. The second-order valence-electron chi connectivity index (χ2n) is 2.77. The van der Waals surface area contributed by atoms with Crippen LogP contribution in [0.4, 0.5) is 0 Å². The number of quaternary nitrogens is 1. The number of carbonyl (C=O) groups excluding carboxylic acids is 1. The zero-order chi connectivity index (χ0) is 8.85. The summed E-state index contributed by atoms with van der Waals surface area (Å²) in [5.41, 5.74) is 8.94. The van der Waals surface area contributed by atoms with Crippen LogP contribution in [-0.4, -0.2) is 17.7 Å². The number of amidine groups is 1. The summed E-state index contributed by atoms with van der Waals surface area (Å²) in [6.07, 6.45) is 2.29. The zero-order valence-electron chi connectivity index (χ0n) is 7.55. The fourth-order valence-corrected chi connectivity index (χ4v) is 0.756. The molecule has 0 bridgehead atoms. The third kappa shape index (κ3) is 8.30. The molecule has 1 atom stereocenters. The summed E-state index contributed by atoms with van der Waals surface area (Å²) >= 11 is 0. The Hall–Kier alpha value is 0.204. The van der Waals surface area contributed by atoms with Crippen LogP contribution in [0.2, 0.25) is 0 Å². The van der Waals surface area contributed by atoms with Gasteiger partial charge in [-0.15, -0.1) is 0 Å². The van der Waals surface area contributed by atoms with Gasteiger partial charge in [0, 0.05) is 52.5 Å². The van der Waals surface area contributed by atoms with E-state index in [0.29, 0.717) is 12.3 Å².